The van der Waals surface area contributed by atoms with Crippen LogP contribution in [0.4, 0.5) is 0 Å². The van der Waals surface area contributed by atoms with Gasteiger partial charge in [0.1, 0.15) is 0 Å². The summed E-state index contributed by atoms with van der Waals surface area (Å²) in [5.41, 5.74) is 8.94. The largest absolute Gasteiger partial charge is 0.244 e. The first-order valence-electron chi connectivity index (χ1n) is 16.1. The van der Waals surface area contributed by atoms with Crippen LogP contribution in [0.25, 0.3) is 41.3 Å². The predicted molar refractivity (Wildman–Crippen MR) is 192 cm³/mol. The van der Waals surface area contributed by atoms with E-state index in [-0.39, 0.29) is 0 Å². The SMILES string of the molecule is CC(C)CCCC(C)CCc1ccc(-c2c3ncsc3c(-c3ccc(CCC(C)CCCC(C)C)s3)c3ncsc23)s1. The number of aryl methyl sites for hydroxylation is 2. The van der Waals surface area contributed by atoms with Crippen LogP contribution in [0, 0.1) is 23.7 Å². The summed E-state index contributed by atoms with van der Waals surface area (Å²) in [4.78, 5) is 15.6. The van der Waals surface area contributed by atoms with Gasteiger partial charge in [0.25, 0.3) is 0 Å². The van der Waals surface area contributed by atoms with Crippen molar-refractivity contribution in [3.63, 3.8) is 0 Å². The zero-order chi connectivity index (χ0) is 29.6. The third kappa shape index (κ3) is 7.91. The molecule has 42 heavy (non-hydrogen) atoms. The van der Waals surface area contributed by atoms with E-state index in [1.54, 1.807) is 22.7 Å². The quantitative estimate of drug-likeness (QED) is 0.108. The smallest absolute Gasteiger partial charge is 0.0921 e. The van der Waals surface area contributed by atoms with Gasteiger partial charge in [-0.1, -0.05) is 80.1 Å². The Balaban J connectivity index is 1.33. The highest BCUT2D eigenvalue weighted by Gasteiger charge is 2.23. The number of aromatic nitrogens is 2. The molecular weight excluding hydrogens is 589 g/mol. The molecule has 0 aliphatic rings. The molecule has 0 radical (unpaired) electrons. The van der Waals surface area contributed by atoms with Gasteiger partial charge in [-0.25, -0.2) is 9.97 Å². The molecule has 0 N–H and O–H groups in total. The Morgan fingerprint density at radius 3 is 1.38 bits per heavy atom. The van der Waals surface area contributed by atoms with E-state index in [0.29, 0.717) is 0 Å². The van der Waals surface area contributed by atoms with E-state index in [9.17, 15) is 0 Å². The number of fused-ring (bicyclic) bond motifs is 2. The van der Waals surface area contributed by atoms with E-state index in [0.717, 1.165) is 34.7 Å². The summed E-state index contributed by atoms with van der Waals surface area (Å²) in [6.07, 6.45) is 13.0. The van der Waals surface area contributed by atoms with Crippen molar-refractivity contribution in [1.29, 1.82) is 0 Å². The van der Waals surface area contributed by atoms with Crippen LogP contribution in [0.5, 0.6) is 0 Å². The lowest BCUT2D eigenvalue weighted by atomic mass is 9.96. The topological polar surface area (TPSA) is 25.8 Å². The summed E-state index contributed by atoms with van der Waals surface area (Å²) in [6, 6.07) is 9.38. The van der Waals surface area contributed by atoms with Crippen LogP contribution in [0.2, 0.25) is 0 Å². The molecule has 5 rings (SSSR count). The van der Waals surface area contributed by atoms with Gasteiger partial charge in [-0.05, 0) is 73.6 Å². The van der Waals surface area contributed by atoms with Crippen LogP contribution >= 0.6 is 45.3 Å². The molecular formula is C36H48N2S4. The van der Waals surface area contributed by atoms with Crippen molar-refractivity contribution < 1.29 is 0 Å². The molecule has 4 heterocycles. The maximum Gasteiger partial charge on any atom is 0.0921 e. The molecule has 1 aromatic carbocycles. The first-order chi connectivity index (χ1) is 20.3. The van der Waals surface area contributed by atoms with Crippen LogP contribution in [0.3, 0.4) is 0 Å². The molecule has 4 aromatic heterocycles. The maximum atomic E-state index is 4.96. The standard InChI is InChI=1S/C36H48N2S4/c1-23(2)9-7-11-25(5)13-15-27-17-19-29(41-27)31-33-36(40-21-37-33)32(34-35(31)39-22-38-34)30-20-18-28(42-30)16-14-26(6)12-8-10-24(3)4/h17-26H,7-16H2,1-6H3. The van der Waals surface area contributed by atoms with Gasteiger partial charge in [0, 0.05) is 30.6 Å². The maximum absolute atomic E-state index is 4.96. The van der Waals surface area contributed by atoms with Crippen LogP contribution in [-0.4, -0.2) is 9.97 Å². The van der Waals surface area contributed by atoms with Crippen LogP contribution in [0.1, 0.15) is 103 Å². The molecule has 0 saturated heterocycles. The van der Waals surface area contributed by atoms with E-state index in [4.69, 9.17) is 9.97 Å². The van der Waals surface area contributed by atoms with Crippen molar-refractivity contribution in [2.45, 2.75) is 106 Å². The fraction of sp³-hybridized carbons (Fsp3) is 0.556. The highest BCUT2D eigenvalue weighted by Crippen LogP contribution is 2.48. The number of rotatable bonds is 16. The second-order valence-corrected chi connectivity index (χ2v) is 17.3. The Morgan fingerprint density at radius 2 is 0.976 bits per heavy atom. The van der Waals surface area contributed by atoms with Gasteiger partial charge in [-0.2, -0.15) is 0 Å². The predicted octanol–water partition coefficient (Wildman–Crippen LogP) is 13.2. The Morgan fingerprint density at radius 1 is 0.548 bits per heavy atom. The van der Waals surface area contributed by atoms with Crippen molar-refractivity contribution in [2.75, 3.05) is 0 Å². The minimum absolute atomic E-state index is 0.788. The van der Waals surface area contributed by atoms with Gasteiger partial charge in [-0.15, -0.1) is 45.3 Å². The summed E-state index contributed by atoms with van der Waals surface area (Å²) >= 11 is 7.46. The number of benzene rings is 1. The molecule has 0 spiro atoms. The Hall–Kier alpha value is -1.60. The molecule has 2 nitrogen and oxygen atoms in total. The summed E-state index contributed by atoms with van der Waals surface area (Å²) in [6.45, 7) is 14.2. The molecule has 5 aromatic rings. The van der Waals surface area contributed by atoms with Crippen molar-refractivity contribution in [2.24, 2.45) is 23.7 Å². The van der Waals surface area contributed by atoms with E-state index in [1.165, 1.54) is 104 Å². The fourth-order valence-electron chi connectivity index (χ4n) is 5.98. The first kappa shape index (κ1) is 31.8. The molecule has 2 atom stereocenters. The monoisotopic (exact) mass is 636 g/mol. The number of nitrogens with zero attached hydrogens (tertiary/aromatic N) is 2. The number of thiophene rings is 2. The molecule has 0 fully saturated rings. The van der Waals surface area contributed by atoms with E-state index >= 15 is 0 Å². The van der Waals surface area contributed by atoms with Gasteiger partial charge < -0.3 is 0 Å². The van der Waals surface area contributed by atoms with Crippen molar-refractivity contribution in [3.8, 4) is 20.9 Å². The zero-order valence-corrected chi connectivity index (χ0v) is 29.6. The number of hydrogen-bond donors (Lipinski definition) is 0. The molecule has 0 amide bonds. The molecule has 0 saturated carbocycles. The van der Waals surface area contributed by atoms with Crippen LogP contribution in [0.15, 0.2) is 35.3 Å². The van der Waals surface area contributed by atoms with Gasteiger partial charge in [0.05, 0.1) is 31.5 Å². The lowest BCUT2D eigenvalue weighted by molar-refractivity contribution is 0.437. The second-order valence-electron chi connectivity index (χ2n) is 13.3. The van der Waals surface area contributed by atoms with E-state index < -0.39 is 0 Å². The third-order valence-corrected chi connectivity index (χ3v) is 12.6. The van der Waals surface area contributed by atoms with Crippen molar-refractivity contribution in [1.82, 2.24) is 9.97 Å². The Bertz CT molecular complexity index is 1390. The van der Waals surface area contributed by atoms with E-state index in [2.05, 4.69) is 65.8 Å². The lowest BCUT2D eigenvalue weighted by Crippen LogP contribution is -1.98. The molecule has 2 unspecified atom stereocenters. The Labute approximate surface area is 269 Å². The average Bonchev–Trinajstić information content (AvgIpc) is 3.76. The zero-order valence-electron chi connectivity index (χ0n) is 26.4. The third-order valence-electron chi connectivity index (χ3n) is 8.60. The van der Waals surface area contributed by atoms with Crippen LogP contribution in [-0.2, 0) is 12.8 Å². The van der Waals surface area contributed by atoms with E-state index in [1.807, 2.05) is 33.7 Å². The molecule has 0 aliphatic heterocycles. The minimum Gasteiger partial charge on any atom is -0.244 e. The molecule has 6 heteroatoms. The number of hydrogen-bond acceptors (Lipinski definition) is 6. The first-order valence-corrected chi connectivity index (χ1v) is 19.5. The molecule has 0 bridgehead atoms. The highest BCUT2D eigenvalue weighted by atomic mass is 32.1. The van der Waals surface area contributed by atoms with Gasteiger partial charge in [0.15, 0.2) is 0 Å². The van der Waals surface area contributed by atoms with Crippen molar-refractivity contribution in [3.05, 3.63) is 45.0 Å². The summed E-state index contributed by atoms with van der Waals surface area (Å²) < 4.78 is 2.57. The fourth-order valence-corrected chi connectivity index (χ4v) is 9.97. The molecule has 226 valence electrons. The molecule has 0 aliphatic carbocycles. The highest BCUT2D eigenvalue weighted by molar-refractivity contribution is 7.22. The summed E-state index contributed by atoms with van der Waals surface area (Å²) in [5, 5.41) is 0. The van der Waals surface area contributed by atoms with Gasteiger partial charge in [-0.3, -0.25) is 0 Å². The number of thiazole rings is 2. The Kier molecular flexibility index (Phi) is 11.3. The van der Waals surface area contributed by atoms with Crippen molar-refractivity contribution >= 4 is 65.8 Å². The lowest BCUT2D eigenvalue weighted by Gasteiger charge is -2.11. The average molecular weight is 637 g/mol. The van der Waals surface area contributed by atoms with Gasteiger partial charge >= 0.3 is 0 Å². The summed E-state index contributed by atoms with van der Waals surface area (Å²) in [7, 11) is 0. The summed E-state index contributed by atoms with van der Waals surface area (Å²) in [5.74, 6) is 3.20. The van der Waals surface area contributed by atoms with Crippen LogP contribution < -0.4 is 0 Å². The second kappa shape index (κ2) is 14.9. The van der Waals surface area contributed by atoms with Gasteiger partial charge in [0.2, 0.25) is 0 Å². The minimum atomic E-state index is 0.788. The normalized spacial score (nSPS) is 13.7.